The van der Waals surface area contributed by atoms with Crippen molar-refractivity contribution in [3.8, 4) is 0 Å². The predicted octanol–water partition coefficient (Wildman–Crippen LogP) is 2.68. The van der Waals surface area contributed by atoms with Gasteiger partial charge in [-0.1, -0.05) is 13.8 Å². The van der Waals surface area contributed by atoms with Crippen LogP contribution in [0.4, 0.5) is 5.69 Å². The first-order valence-electron chi connectivity index (χ1n) is 6.07. The van der Waals surface area contributed by atoms with Gasteiger partial charge in [-0.25, -0.2) is 0 Å². The molecule has 0 heterocycles. The number of nitrogens with two attached hydrogens (primary N) is 1. The van der Waals surface area contributed by atoms with Crippen LogP contribution in [0.15, 0.2) is 18.2 Å². The van der Waals surface area contributed by atoms with E-state index in [2.05, 4.69) is 0 Å². The van der Waals surface area contributed by atoms with E-state index in [-0.39, 0.29) is 29.4 Å². The Labute approximate surface area is 143 Å². The van der Waals surface area contributed by atoms with Crippen molar-refractivity contribution in [1.29, 1.82) is 0 Å². The van der Waals surface area contributed by atoms with Crippen LogP contribution in [-0.4, -0.2) is 35.9 Å². The molecule has 8 heteroatoms. The van der Waals surface area contributed by atoms with Crippen molar-refractivity contribution in [3.63, 3.8) is 0 Å². The van der Waals surface area contributed by atoms with E-state index in [0.29, 0.717) is 22.2 Å². The van der Waals surface area contributed by atoms with Gasteiger partial charge in [-0.05, 0) is 40.6 Å². The van der Waals surface area contributed by atoms with Crippen LogP contribution in [0, 0.1) is 19.1 Å². The molecule has 0 unspecified atom stereocenters. The summed E-state index contributed by atoms with van der Waals surface area (Å²) in [5.74, 6) is -0.161. The lowest BCUT2D eigenvalue weighted by Gasteiger charge is -2.29. The first-order valence-corrected chi connectivity index (χ1v) is 7.15. The van der Waals surface area contributed by atoms with E-state index in [9.17, 15) is 14.9 Å². The van der Waals surface area contributed by atoms with Gasteiger partial charge in [-0.3, -0.25) is 14.9 Å². The normalized spacial score (nSPS) is 10.7. The van der Waals surface area contributed by atoms with Crippen LogP contribution in [0.2, 0.25) is 0 Å². The summed E-state index contributed by atoms with van der Waals surface area (Å²) in [6.07, 6.45) is 0. The second kappa shape index (κ2) is 7.90. The zero-order valence-electron chi connectivity index (χ0n) is 12.1. The average Bonchev–Trinajstić information content (AvgIpc) is 2.37. The Balaban J connectivity index is 0.00000400. The minimum atomic E-state index is -0.475. The second-order valence-corrected chi connectivity index (χ2v) is 6.61. The summed E-state index contributed by atoms with van der Waals surface area (Å²) < 4.78 is 0.569. The van der Waals surface area contributed by atoms with Crippen LogP contribution in [0.5, 0.6) is 0 Å². The number of non-ortho nitro benzene ring substituents is 1. The van der Waals surface area contributed by atoms with E-state index < -0.39 is 4.92 Å². The van der Waals surface area contributed by atoms with Crippen LogP contribution < -0.4 is 5.73 Å². The van der Waals surface area contributed by atoms with E-state index >= 15 is 0 Å². The molecule has 21 heavy (non-hydrogen) atoms. The number of nitro benzene ring substituents is 1. The van der Waals surface area contributed by atoms with Gasteiger partial charge in [0, 0.05) is 29.3 Å². The molecule has 2 N–H and O–H groups in total. The molecule has 1 aromatic carbocycles. The van der Waals surface area contributed by atoms with Crippen LogP contribution in [0.3, 0.4) is 0 Å². The van der Waals surface area contributed by atoms with Crippen LogP contribution in [0.1, 0.15) is 24.2 Å². The smallest absolute Gasteiger partial charge is 0.270 e. The molecule has 118 valence electrons. The van der Waals surface area contributed by atoms with Crippen molar-refractivity contribution in [1.82, 2.24) is 4.90 Å². The predicted molar refractivity (Wildman–Crippen MR) is 92.9 cm³/mol. The van der Waals surface area contributed by atoms with Gasteiger partial charge < -0.3 is 10.6 Å². The minimum absolute atomic E-state index is 0. The van der Waals surface area contributed by atoms with E-state index in [1.807, 2.05) is 36.4 Å². The summed E-state index contributed by atoms with van der Waals surface area (Å²) in [6, 6.07) is 4.24. The Kier molecular flexibility index (Phi) is 7.55. The first-order chi connectivity index (χ1) is 9.18. The molecule has 0 fully saturated rings. The molecule has 0 aliphatic rings. The van der Waals surface area contributed by atoms with Crippen LogP contribution in [-0.2, 0) is 0 Å². The Morgan fingerprint density at radius 3 is 2.48 bits per heavy atom. The summed E-state index contributed by atoms with van der Waals surface area (Å²) >= 11 is 1.94. The molecule has 6 nitrogen and oxygen atoms in total. The number of halogens is 2. The molecule has 0 radical (unpaired) electrons. The molecule has 0 aromatic heterocycles. The number of hydrogen-bond acceptors (Lipinski definition) is 4. The fraction of sp³-hybridized carbons (Fsp3) is 0.462. The number of amides is 1. The number of nitro groups is 1. The Morgan fingerprint density at radius 1 is 1.48 bits per heavy atom. The van der Waals surface area contributed by atoms with Crippen molar-refractivity contribution >= 4 is 46.6 Å². The molecule has 1 amide bonds. The maximum Gasteiger partial charge on any atom is 0.270 e. The molecule has 1 rings (SSSR count). The molecule has 0 saturated heterocycles. The maximum atomic E-state index is 12.4. The van der Waals surface area contributed by atoms with E-state index in [1.165, 1.54) is 18.2 Å². The Hall–Kier alpha value is -0.930. The fourth-order valence-electron chi connectivity index (χ4n) is 1.78. The molecule has 0 saturated carbocycles. The molecule has 0 atom stereocenters. The summed E-state index contributed by atoms with van der Waals surface area (Å²) in [5, 5.41) is 10.7. The first kappa shape index (κ1) is 20.1. The highest BCUT2D eigenvalue weighted by atomic mass is 127. The van der Waals surface area contributed by atoms with E-state index in [0.717, 1.165) is 0 Å². The van der Waals surface area contributed by atoms with Crippen molar-refractivity contribution in [3.05, 3.63) is 37.4 Å². The Morgan fingerprint density at radius 2 is 2.05 bits per heavy atom. The molecule has 0 aliphatic carbocycles. The van der Waals surface area contributed by atoms with Crippen molar-refractivity contribution in [2.45, 2.75) is 13.8 Å². The maximum absolute atomic E-state index is 12.4. The van der Waals surface area contributed by atoms with Gasteiger partial charge in [0.05, 0.1) is 10.5 Å². The van der Waals surface area contributed by atoms with Crippen LogP contribution in [0.25, 0.3) is 0 Å². The number of hydrogen-bond donors (Lipinski definition) is 1. The van der Waals surface area contributed by atoms with Gasteiger partial charge in [0.15, 0.2) is 0 Å². The summed E-state index contributed by atoms with van der Waals surface area (Å²) in [5.41, 5.74) is 5.94. The van der Waals surface area contributed by atoms with Gasteiger partial charge in [-0.2, -0.15) is 0 Å². The van der Waals surface area contributed by atoms with Gasteiger partial charge in [0.1, 0.15) is 0 Å². The zero-order valence-corrected chi connectivity index (χ0v) is 15.1. The number of carbonyl (C=O) groups is 1. The largest absolute Gasteiger partial charge is 0.341 e. The lowest BCUT2D eigenvalue weighted by atomic mass is 9.93. The quantitative estimate of drug-likeness (QED) is 0.444. The van der Waals surface area contributed by atoms with Crippen LogP contribution >= 0.6 is 35.0 Å². The third-order valence-electron chi connectivity index (χ3n) is 2.96. The molecular formula is C13H19ClIN3O3. The summed E-state index contributed by atoms with van der Waals surface area (Å²) in [6.45, 7) is 4.96. The molecule has 0 spiro atoms. The zero-order chi connectivity index (χ0) is 15.5. The highest BCUT2D eigenvalue weighted by molar-refractivity contribution is 14.1. The number of benzene rings is 1. The third kappa shape index (κ3) is 5.40. The second-order valence-electron chi connectivity index (χ2n) is 5.45. The van der Waals surface area contributed by atoms with Gasteiger partial charge in [0.25, 0.3) is 11.6 Å². The number of rotatable bonds is 5. The van der Waals surface area contributed by atoms with Crippen molar-refractivity contribution < 1.29 is 9.72 Å². The number of nitrogens with zero attached hydrogens (tertiary/aromatic N) is 2. The number of carbonyl (C=O) groups excluding carboxylic acids is 1. The summed E-state index contributed by atoms with van der Waals surface area (Å²) in [7, 11) is 1.71. The summed E-state index contributed by atoms with van der Waals surface area (Å²) in [4.78, 5) is 24.2. The molecule has 0 bridgehead atoms. The fourth-order valence-corrected chi connectivity index (χ4v) is 2.50. The molecular weight excluding hydrogens is 409 g/mol. The highest BCUT2D eigenvalue weighted by Crippen LogP contribution is 2.22. The molecule has 0 aliphatic heterocycles. The van der Waals surface area contributed by atoms with Crippen molar-refractivity contribution in [2.75, 3.05) is 20.1 Å². The van der Waals surface area contributed by atoms with Gasteiger partial charge in [-0.15, -0.1) is 12.4 Å². The monoisotopic (exact) mass is 427 g/mol. The lowest BCUT2D eigenvalue weighted by Crippen LogP contribution is -2.40. The topological polar surface area (TPSA) is 89.5 Å². The lowest BCUT2D eigenvalue weighted by molar-refractivity contribution is -0.384. The van der Waals surface area contributed by atoms with E-state index in [4.69, 9.17) is 5.73 Å². The minimum Gasteiger partial charge on any atom is -0.341 e. The van der Waals surface area contributed by atoms with Gasteiger partial charge >= 0.3 is 0 Å². The Bertz CT molecular complexity index is 537. The van der Waals surface area contributed by atoms with Gasteiger partial charge in [0.2, 0.25) is 0 Å². The molecule has 1 aromatic rings. The van der Waals surface area contributed by atoms with Crippen molar-refractivity contribution in [2.24, 2.45) is 11.1 Å². The third-order valence-corrected chi connectivity index (χ3v) is 3.85. The SMILES string of the molecule is CN(CC(C)(C)CN)C(=O)c1ccc([N+](=O)[O-])cc1I.Cl. The van der Waals surface area contributed by atoms with E-state index in [1.54, 1.807) is 11.9 Å². The standard InChI is InChI=1S/C13H18IN3O3.ClH/c1-13(2,7-15)8-16(3)12(18)10-5-4-9(17(19)20)6-11(10)14;/h4-6H,7-8,15H2,1-3H3;1H. The average molecular weight is 428 g/mol. The highest BCUT2D eigenvalue weighted by Gasteiger charge is 2.23.